The van der Waals surface area contributed by atoms with E-state index in [2.05, 4.69) is 27.8 Å². The van der Waals surface area contributed by atoms with E-state index < -0.39 is 35.4 Å². The third-order valence-electron chi connectivity index (χ3n) is 7.91. The summed E-state index contributed by atoms with van der Waals surface area (Å²) in [5.41, 5.74) is 14.9. The molecule has 6 atom stereocenters. The summed E-state index contributed by atoms with van der Waals surface area (Å²) in [6.45, 7) is 3.75. The summed E-state index contributed by atoms with van der Waals surface area (Å²) >= 11 is 1.43. The fourth-order valence-corrected chi connectivity index (χ4v) is 5.63. The van der Waals surface area contributed by atoms with Crippen LogP contribution in [0, 0.1) is 5.92 Å². The van der Waals surface area contributed by atoms with Gasteiger partial charge in [0.05, 0.1) is 27.9 Å². The normalized spacial score (nSPS) is 20.9. The zero-order chi connectivity index (χ0) is 28.7. The van der Waals surface area contributed by atoms with E-state index >= 15 is 0 Å². The topological polar surface area (TPSA) is 149 Å². The fraction of sp³-hybridized carbons (Fsp3) is 0.400. The number of hydrogen-bond acceptors (Lipinski definition) is 7. The van der Waals surface area contributed by atoms with E-state index in [0.29, 0.717) is 12.8 Å². The summed E-state index contributed by atoms with van der Waals surface area (Å²) in [5, 5.41) is 6.23. The summed E-state index contributed by atoms with van der Waals surface area (Å²) < 4.78 is 5.51. The Morgan fingerprint density at radius 1 is 1.10 bits per heavy atom. The molecule has 40 heavy (non-hydrogen) atoms. The van der Waals surface area contributed by atoms with E-state index in [-0.39, 0.29) is 24.5 Å². The van der Waals surface area contributed by atoms with Gasteiger partial charge in [-0.1, -0.05) is 74.5 Å². The average molecular weight is 564 g/mol. The standard InChI is InChI=1S/C30H37N5O4S/c1-19(21-9-5-3-6-10-21)25(34-28(37)26(31)20(2)27(32)36)13-14-30(15-24(30)22-11-7-4-8-12-22)35-29(38)39-17-23-16-33-18-40-23/h3-12,16,18-20,24-26H,13-15,17,31H2,1-2H3,(H2,32,36)(H,34,37)(H,35,38)/t19-,20+,24-,25?,26-,30-/m0/s1. The zero-order valence-corrected chi connectivity index (χ0v) is 23.6. The molecule has 4 rings (SSSR count). The number of nitrogens with one attached hydrogen (secondary N) is 2. The second-order valence-electron chi connectivity index (χ2n) is 10.6. The highest BCUT2D eigenvalue weighted by atomic mass is 32.1. The minimum atomic E-state index is -1.06. The molecule has 9 nitrogen and oxygen atoms in total. The minimum absolute atomic E-state index is 0.0505. The molecule has 1 fully saturated rings. The molecule has 1 aromatic heterocycles. The first-order chi connectivity index (χ1) is 19.2. The number of aromatic nitrogens is 1. The van der Waals surface area contributed by atoms with Gasteiger partial charge in [-0.05, 0) is 30.4 Å². The fourth-order valence-electron chi connectivity index (χ4n) is 5.13. The third-order valence-corrected chi connectivity index (χ3v) is 8.66. The number of rotatable bonds is 13. The van der Waals surface area contributed by atoms with Crippen LogP contribution in [0.2, 0.25) is 0 Å². The third kappa shape index (κ3) is 7.25. The lowest BCUT2D eigenvalue weighted by molar-refractivity contribution is -0.130. The summed E-state index contributed by atoms with van der Waals surface area (Å²) in [7, 11) is 0. The zero-order valence-electron chi connectivity index (χ0n) is 22.8. The van der Waals surface area contributed by atoms with Gasteiger partial charge in [0.15, 0.2) is 0 Å². The van der Waals surface area contributed by atoms with Crippen LogP contribution in [-0.2, 0) is 20.9 Å². The molecule has 0 radical (unpaired) electrons. The Morgan fingerprint density at radius 3 is 2.40 bits per heavy atom. The summed E-state index contributed by atoms with van der Waals surface area (Å²) in [4.78, 5) is 42.5. The minimum Gasteiger partial charge on any atom is -0.444 e. The van der Waals surface area contributed by atoms with Crippen molar-refractivity contribution in [1.29, 1.82) is 0 Å². The van der Waals surface area contributed by atoms with Gasteiger partial charge in [0.1, 0.15) is 6.61 Å². The van der Waals surface area contributed by atoms with Gasteiger partial charge in [-0.25, -0.2) is 4.79 Å². The van der Waals surface area contributed by atoms with E-state index in [1.54, 1.807) is 18.6 Å². The van der Waals surface area contributed by atoms with E-state index in [0.717, 1.165) is 22.4 Å². The van der Waals surface area contributed by atoms with Crippen molar-refractivity contribution in [3.63, 3.8) is 0 Å². The second kappa shape index (κ2) is 13.1. The van der Waals surface area contributed by atoms with Gasteiger partial charge in [0.2, 0.25) is 11.8 Å². The van der Waals surface area contributed by atoms with Crippen molar-refractivity contribution in [2.75, 3.05) is 0 Å². The Kier molecular flexibility index (Phi) is 9.54. The first-order valence-corrected chi connectivity index (χ1v) is 14.4. The van der Waals surface area contributed by atoms with Gasteiger partial charge in [0, 0.05) is 24.1 Å². The van der Waals surface area contributed by atoms with Crippen molar-refractivity contribution < 1.29 is 19.1 Å². The van der Waals surface area contributed by atoms with Crippen LogP contribution < -0.4 is 22.1 Å². The molecular formula is C30H37N5O4S. The Bertz CT molecular complexity index is 1270. The van der Waals surface area contributed by atoms with Gasteiger partial charge in [0.25, 0.3) is 0 Å². The highest BCUT2D eigenvalue weighted by molar-refractivity contribution is 7.09. The van der Waals surface area contributed by atoms with Crippen LogP contribution in [0.3, 0.4) is 0 Å². The van der Waals surface area contributed by atoms with Crippen LogP contribution in [0.25, 0.3) is 0 Å². The van der Waals surface area contributed by atoms with Crippen molar-refractivity contribution in [3.8, 4) is 0 Å². The average Bonchev–Trinajstić information content (AvgIpc) is 3.41. The van der Waals surface area contributed by atoms with E-state index in [9.17, 15) is 14.4 Å². The van der Waals surface area contributed by atoms with Crippen LogP contribution >= 0.6 is 11.3 Å². The summed E-state index contributed by atoms with van der Waals surface area (Å²) in [6, 6.07) is 18.6. The molecule has 1 aliphatic carbocycles. The van der Waals surface area contributed by atoms with Crippen molar-refractivity contribution in [2.45, 2.75) is 69.2 Å². The van der Waals surface area contributed by atoms with Gasteiger partial charge in [-0.2, -0.15) is 0 Å². The molecule has 6 N–H and O–H groups in total. The van der Waals surface area contributed by atoms with Crippen molar-refractivity contribution >= 4 is 29.2 Å². The Morgan fingerprint density at radius 2 is 1.77 bits per heavy atom. The van der Waals surface area contributed by atoms with Crippen molar-refractivity contribution in [1.82, 2.24) is 15.6 Å². The molecule has 3 aromatic rings. The van der Waals surface area contributed by atoms with E-state index in [1.165, 1.54) is 11.3 Å². The number of benzene rings is 2. The number of thiazole rings is 1. The number of amides is 3. The molecular weight excluding hydrogens is 526 g/mol. The molecule has 1 saturated carbocycles. The molecule has 1 unspecified atom stereocenters. The van der Waals surface area contributed by atoms with Gasteiger partial charge in [-0.15, -0.1) is 11.3 Å². The van der Waals surface area contributed by atoms with Crippen LogP contribution in [0.5, 0.6) is 0 Å². The first-order valence-electron chi connectivity index (χ1n) is 13.5. The second-order valence-corrected chi connectivity index (χ2v) is 11.5. The smallest absolute Gasteiger partial charge is 0.407 e. The highest BCUT2D eigenvalue weighted by Gasteiger charge is 2.56. The molecule has 2 aromatic carbocycles. The number of carbonyl (C=O) groups excluding carboxylic acids is 3. The first kappa shape index (κ1) is 29.2. The summed E-state index contributed by atoms with van der Waals surface area (Å²) in [5.74, 6) is -1.80. The molecule has 0 saturated heterocycles. The van der Waals surface area contributed by atoms with Gasteiger partial charge < -0.3 is 26.8 Å². The predicted molar refractivity (Wildman–Crippen MR) is 154 cm³/mol. The number of carbonyl (C=O) groups is 3. The predicted octanol–water partition coefficient (Wildman–Crippen LogP) is 3.81. The maximum atomic E-state index is 13.1. The summed E-state index contributed by atoms with van der Waals surface area (Å²) in [6.07, 6.45) is 3.12. The largest absolute Gasteiger partial charge is 0.444 e. The van der Waals surface area contributed by atoms with E-state index in [4.69, 9.17) is 16.2 Å². The molecule has 0 bridgehead atoms. The Hall–Kier alpha value is -3.76. The van der Waals surface area contributed by atoms with Crippen LogP contribution in [0.15, 0.2) is 72.4 Å². The van der Waals surface area contributed by atoms with Gasteiger partial charge >= 0.3 is 6.09 Å². The lowest BCUT2D eigenvalue weighted by atomic mass is 9.87. The quantitative estimate of drug-likeness (QED) is 0.248. The molecule has 1 aliphatic rings. The Labute approximate surface area is 238 Å². The number of nitrogens with two attached hydrogens (primary N) is 2. The number of nitrogens with zero attached hydrogens (tertiary/aromatic N) is 1. The molecule has 0 spiro atoms. The van der Waals surface area contributed by atoms with E-state index in [1.807, 2.05) is 55.5 Å². The molecule has 3 amide bonds. The van der Waals surface area contributed by atoms with Crippen LogP contribution in [0.1, 0.15) is 60.9 Å². The number of alkyl carbamates (subject to hydrolysis) is 1. The van der Waals surface area contributed by atoms with Crippen molar-refractivity contribution in [2.24, 2.45) is 17.4 Å². The Balaban J connectivity index is 1.51. The molecule has 10 heteroatoms. The number of hydrogen-bond donors (Lipinski definition) is 4. The van der Waals surface area contributed by atoms with Crippen molar-refractivity contribution in [3.05, 3.63) is 88.4 Å². The SMILES string of the molecule is C[C@@H](c1ccccc1)C(CC[C@]1(NC(=O)OCc2cncs2)C[C@H]1c1ccccc1)NC(=O)[C@@H](N)[C@@H](C)C(N)=O. The molecule has 0 aliphatic heterocycles. The maximum Gasteiger partial charge on any atom is 0.407 e. The highest BCUT2D eigenvalue weighted by Crippen LogP contribution is 2.54. The monoisotopic (exact) mass is 563 g/mol. The number of primary amides is 1. The maximum absolute atomic E-state index is 13.1. The van der Waals surface area contributed by atoms with Crippen LogP contribution in [0.4, 0.5) is 4.79 Å². The number of ether oxygens (including phenoxy) is 1. The van der Waals surface area contributed by atoms with Crippen LogP contribution in [-0.4, -0.2) is 40.5 Å². The molecule has 1 heterocycles. The van der Waals surface area contributed by atoms with Gasteiger partial charge in [-0.3, -0.25) is 14.6 Å². The molecule has 212 valence electrons. The lowest BCUT2D eigenvalue weighted by Gasteiger charge is -2.30. The lowest BCUT2D eigenvalue weighted by Crippen LogP contribution is -2.52.